The zero-order chi connectivity index (χ0) is 57.5. The number of alkyl halides is 1. The number of benzene rings is 3. The summed E-state index contributed by atoms with van der Waals surface area (Å²) in [7, 11) is 0. The van der Waals surface area contributed by atoms with Crippen LogP contribution >= 0.6 is 22.9 Å². The molecule has 1 aromatic heterocycles. The summed E-state index contributed by atoms with van der Waals surface area (Å²) in [5.74, 6) is 5.44. The predicted octanol–water partition coefficient (Wildman–Crippen LogP) is 9.23. The van der Waals surface area contributed by atoms with Crippen molar-refractivity contribution in [1.82, 2.24) is 35.6 Å². The third-order valence-electron chi connectivity index (χ3n) is 17.2. The van der Waals surface area contributed by atoms with Gasteiger partial charge in [0.1, 0.15) is 23.9 Å². The summed E-state index contributed by atoms with van der Waals surface area (Å²) in [5.41, 5.74) is 2.52. The first-order valence-corrected chi connectivity index (χ1v) is 29.2. The van der Waals surface area contributed by atoms with Gasteiger partial charge >= 0.3 is 0 Å². The predicted molar refractivity (Wildman–Crippen MR) is 307 cm³/mol. The van der Waals surface area contributed by atoms with Gasteiger partial charge in [-0.1, -0.05) is 102 Å². The molecule has 4 heterocycles. The molecule has 5 aliphatic rings. The number of piperidine rings is 2. The smallest absolute Gasteiger partial charge is 0.258 e. The number of rotatable bonds is 14. The largest absolute Gasteiger partial charge is 0.489 e. The molecule has 0 unspecified atom stereocenters. The fourth-order valence-corrected chi connectivity index (χ4v) is 13.6. The van der Waals surface area contributed by atoms with E-state index in [0.717, 1.165) is 60.5 Å². The highest BCUT2D eigenvalue weighted by molar-refractivity contribution is 7.13. The molecular weight excluding hydrogens is 1060 g/mol. The monoisotopic (exact) mass is 1130 g/mol. The van der Waals surface area contributed by atoms with Gasteiger partial charge < -0.3 is 40.5 Å². The van der Waals surface area contributed by atoms with E-state index in [1.807, 2.05) is 60.4 Å². The van der Waals surface area contributed by atoms with E-state index in [1.54, 1.807) is 44.5 Å². The lowest BCUT2D eigenvalue weighted by molar-refractivity contribution is -0.164. The molecule has 424 valence electrons. The van der Waals surface area contributed by atoms with Crippen LogP contribution in [-0.2, 0) is 19.2 Å². The number of ether oxygens (including phenoxy) is 1. The van der Waals surface area contributed by atoms with Gasteiger partial charge in [0, 0.05) is 66.0 Å². The zero-order valence-corrected chi connectivity index (χ0v) is 48.6. The number of thiazole rings is 1. The number of hydrogen-bond donors (Lipinski definition) is 4. The van der Waals surface area contributed by atoms with E-state index in [9.17, 15) is 33.5 Å². The number of hydrogen-bond acceptors (Lipinski definition) is 10. The van der Waals surface area contributed by atoms with Gasteiger partial charge in [0.25, 0.3) is 11.8 Å². The van der Waals surface area contributed by atoms with Crippen LogP contribution in [0.1, 0.15) is 133 Å². The topological polar surface area (TPSA) is 178 Å². The van der Waals surface area contributed by atoms with Crippen LogP contribution in [0.15, 0.2) is 72.2 Å². The molecule has 0 spiro atoms. The second-order valence-electron chi connectivity index (χ2n) is 24.8. The van der Waals surface area contributed by atoms with Crippen molar-refractivity contribution in [3.05, 3.63) is 111 Å². The Bertz CT molecular complexity index is 3070. The summed E-state index contributed by atoms with van der Waals surface area (Å²) in [6.07, 6.45) is 2.38. The van der Waals surface area contributed by atoms with E-state index in [4.69, 9.17) is 22.9 Å². The fraction of sp³-hybridized carbons (Fsp3) is 0.532. The molecule has 0 bridgehead atoms. The molecule has 4 aromatic rings. The average molecular weight is 1130 g/mol. The molecule has 4 N–H and O–H groups in total. The third-order valence-corrected chi connectivity index (χ3v) is 18.5. The molecule has 2 saturated carbocycles. The molecule has 15 nitrogen and oxygen atoms in total. The number of likely N-dealkylation sites (tertiary alicyclic amines) is 3. The van der Waals surface area contributed by atoms with Crippen molar-refractivity contribution >= 4 is 58.2 Å². The lowest BCUT2D eigenvalue weighted by atomic mass is 9.49. The number of halogens is 2. The second-order valence-corrected chi connectivity index (χ2v) is 26.1. The first kappa shape index (κ1) is 58.3. The van der Waals surface area contributed by atoms with Crippen LogP contribution < -0.4 is 20.7 Å². The second kappa shape index (κ2) is 23.2. The van der Waals surface area contributed by atoms with Gasteiger partial charge in [0.2, 0.25) is 23.4 Å². The molecule has 80 heavy (non-hydrogen) atoms. The van der Waals surface area contributed by atoms with Crippen molar-refractivity contribution in [2.75, 3.05) is 32.7 Å². The molecular formula is C62H74ClFN8O7S. The van der Waals surface area contributed by atoms with Crippen LogP contribution in [0.3, 0.4) is 0 Å². The number of aliphatic hydroxyl groups is 1. The van der Waals surface area contributed by atoms with Crippen molar-refractivity contribution in [3.63, 3.8) is 0 Å². The van der Waals surface area contributed by atoms with E-state index >= 15 is 0 Å². The van der Waals surface area contributed by atoms with E-state index in [0.29, 0.717) is 46.7 Å². The van der Waals surface area contributed by atoms with Crippen LogP contribution in [0.4, 0.5) is 10.1 Å². The van der Waals surface area contributed by atoms with Crippen molar-refractivity contribution < 1.29 is 38.2 Å². The molecule has 9 rings (SSSR count). The Hall–Kier alpha value is -6.37. The highest BCUT2D eigenvalue weighted by Gasteiger charge is 2.64. The van der Waals surface area contributed by atoms with Crippen molar-refractivity contribution in [1.29, 1.82) is 0 Å². The molecule has 2 aliphatic carbocycles. The van der Waals surface area contributed by atoms with E-state index in [1.165, 1.54) is 16.2 Å². The first-order valence-electron chi connectivity index (χ1n) is 27.9. The lowest BCUT2D eigenvalue weighted by Gasteiger charge is -2.63. The number of amides is 5. The molecule has 5 fully saturated rings. The number of carbonyl (C=O) groups excluding carboxylic acids is 5. The molecule has 5 amide bonds. The van der Waals surface area contributed by atoms with Gasteiger partial charge in [-0.3, -0.25) is 24.0 Å². The van der Waals surface area contributed by atoms with Crippen LogP contribution in [0.2, 0.25) is 5.02 Å². The summed E-state index contributed by atoms with van der Waals surface area (Å²) < 4.78 is 21.2. The Kier molecular flexibility index (Phi) is 16.9. The summed E-state index contributed by atoms with van der Waals surface area (Å²) >= 11 is 7.81. The Balaban J connectivity index is 0.771. The van der Waals surface area contributed by atoms with Gasteiger partial charge in [0.05, 0.1) is 46.2 Å². The zero-order valence-electron chi connectivity index (χ0n) is 47.0. The highest BCUT2D eigenvalue weighted by atomic mass is 35.5. The van der Waals surface area contributed by atoms with E-state index in [-0.39, 0.29) is 72.9 Å². The Morgan fingerprint density at radius 1 is 0.938 bits per heavy atom. The van der Waals surface area contributed by atoms with Crippen molar-refractivity contribution in [2.45, 2.75) is 155 Å². The number of nitrogens with one attached hydrogen (secondary N) is 3. The van der Waals surface area contributed by atoms with Crippen molar-refractivity contribution in [3.8, 4) is 28.0 Å². The third kappa shape index (κ3) is 12.6. The van der Waals surface area contributed by atoms with Crippen LogP contribution in [-0.4, -0.2) is 129 Å². The quantitative estimate of drug-likeness (QED) is 0.0708. The van der Waals surface area contributed by atoms with Gasteiger partial charge in [-0.05, 0) is 111 Å². The van der Waals surface area contributed by atoms with Crippen LogP contribution in [0.5, 0.6) is 5.75 Å². The minimum Gasteiger partial charge on any atom is -0.489 e. The summed E-state index contributed by atoms with van der Waals surface area (Å²) in [5, 5.41) is 20.2. The number of aliphatic hydroxyl groups excluding tert-OH is 1. The SMILES string of the molecule is [C-]#[N+]c1ccc(OC2C(C)(C)C(NC(=O)c3ccc(C#CC4CCN(C5CCN(C(=O)C[C@@H](NC(=O)[C@@H]6C[C@@H](O)CN6C(=O)[C@@H](NC(=O)C6(F)CC6)C(C)(C)C)c6ccc(-c7scnc7C)cc6)CC5)CC4)cc3)C2(C)C)cc1Cl. The minimum atomic E-state index is -2.01. The molecule has 0 radical (unpaired) electrons. The standard InChI is InChI=1S/C62H74ClFN8O7S/c1-37-51(80-36-66-37)41-18-16-40(17-19-41)48(67-54(76)49-32-44(73)35-72(49)55(77)52(59(2,3)4)68-58(78)62(64)26-27-62)34-50(74)71-30-24-43(25-31-71)70-28-22-39(23-29-70)11-10-38-12-14-42(15-13-38)53(75)69-56-60(5,6)57(61(56,7)8)79-45-20-21-47(65-9)46(63)33-45/h12-21,33,36,39,43-44,48-49,52,56-57,73H,22-32,34-35H2,1-8H3,(H,67,76)(H,68,78)(H,69,75)/t44-,48-,49+,52-,56?,57?/m1/s1. The molecule has 3 saturated heterocycles. The number of aromatic nitrogens is 1. The first-order chi connectivity index (χ1) is 37.9. The Labute approximate surface area is 478 Å². The number of β-amino-alcohol motifs (C(OH)–C–C–N with tert-alkyl or cyclic N) is 1. The van der Waals surface area contributed by atoms with Gasteiger partial charge in [-0.15, -0.1) is 11.3 Å². The Morgan fingerprint density at radius 2 is 1.60 bits per heavy atom. The van der Waals surface area contributed by atoms with Crippen LogP contribution in [0.25, 0.3) is 15.3 Å². The maximum Gasteiger partial charge on any atom is 0.258 e. The number of carbonyl (C=O) groups is 5. The summed E-state index contributed by atoms with van der Waals surface area (Å²) in [4.78, 5) is 83.9. The summed E-state index contributed by atoms with van der Waals surface area (Å²) in [6.45, 7) is 25.6. The molecule has 18 heteroatoms. The van der Waals surface area contributed by atoms with Gasteiger partial charge in [-0.25, -0.2) is 14.2 Å². The lowest BCUT2D eigenvalue weighted by Crippen LogP contribution is -2.74. The molecule has 3 aliphatic heterocycles. The Morgan fingerprint density at radius 3 is 2.19 bits per heavy atom. The van der Waals surface area contributed by atoms with Gasteiger partial charge in [-0.2, -0.15) is 0 Å². The maximum absolute atomic E-state index is 14.8. The average Bonchev–Trinajstić information content (AvgIpc) is 3.95. The fourth-order valence-electron chi connectivity index (χ4n) is 12.6. The maximum atomic E-state index is 14.8. The van der Waals surface area contributed by atoms with Gasteiger partial charge in [0.15, 0.2) is 5.67 Å². The van der Waals surface area contributed by atoms with E-state index < -0.39 is 53.0 Å². The number of nitrogens with zero attached hydrogens (tertiary/aromatic N) is 5. The highest BCUT2D eigenvalue weighted by Crippen LogP contribution is 2.56. The van der Waals surface area contributed by atoms with Crippen LogP contribution in [0, 0.1) is 47.5 Å². The number of aryl methyl sites for hydroxylation is 1. The molecule has 4 atom stereocenters. The summed E-state index contributed by atoms with van der Waals surface area (Å²) in [6, 6.07) is 17.4. The van der Waals surface area contributed by atoms with Crippen molar-refractivity contribution in [2.24, 2.45) is 22.2 Å². The molecule has 3 aromatic carbocycles. The minimum absolute atomic E-state index is 0.0225. The normalized spacial score (nSPS) is 23.3. The van der Waals surface area contributed by atoms with E-state index in [2.05, 4.69) is 70.2 Å².